The fourth-order valence-electron chi connectivity index (χ4n) is 1.94. The van der Waals surface area contributed by atoms with Crippen LogP contribution in [0.3, 0.4) is 0 Å². The van der Waals surface area contributed by atoms with Crippen LogP contribution in [0.4, 0.5) is 0 Å². The van der Waals surface area contributed by atoms with Crippen LogP contribution in [0.25, 0.3) is 17.0 Å². The largest absolute Gasteiger partial charge is 0.464 e. The molecule has 2 aromatic rings. The molecule has 1 aromatic carbocycles. The smallest absolute Gasteiger partial charge is 0.134 e. The van der Waals surface area contributed by atoms with Gasteiger partial charge in [0.1, 0.15) is 5.58 Å². The Morgan fingerprint density at radius 1 is 1.33 bits per heavy atom. The molecule has 0 saturated carbocycles. The molecule has 0 aliphatic carbocycles. The van der Waals surface area contributed by atoms with Crippen LogP contribution in [-0.4, -0.2) is 12.6 Å². The summed E-state index contributed by atoms with van der Waals surface area (Å²) in [6.07, 6.45) is 5.14. The minimum absolute atomic E-state index is 0.515. The molecule has 18 heavy (non-hydrogen) atoms. The number of fused-ring (bicyclic) bond motifs is 1. The summed E-state index contributed by atoms with van der Waals surface area (Å²) in [7, 11) is 0. The van der Waals surface area contributed by atoms with Crippen LogP contribution in [0.2, 0.25) is 0 Å². The first-order valence-corrected chi connectivity index (χ1v) is 6.59. The van der Waals surface area contributed by atoms with Crippen molar-refractivity contribution in [1.82, 2.24) is 5.32 Å². The lowest BCUT2D eigenvalue weighted by molar-refractivity contribution is 0.613. The zero-order valence-corrected chi connectivity index (χ0v) is 11.4. The van der Waals surface area contributed by atoms with Gasteiger partial charge in [0.15, 0.2) is 0 Å². The van der Waals surface area contributed by atoms with Gasteiger partial charge in [-0.15, -0.1) is 0 Å². The Balaban J connectivity index is 2.24. The molecule has 0 aliphatic rings. The van der Waals surface area contributed by atoms with Gasteiger partial charge >= 0.3 is 0 Å². The standard InChI is InChI=1S/C16H21NO/c1-4-13(10-17-12(2)3)9-14-11-18-16-8-6-5-7-15(14)16/h5-9,11-12,17H,4,10H2,1-3H3/b13-9-. The van der Waals surface area contributed by atoms with E-state index < -0.39 is 0 Å². The fraction of sp³-hybridized carbons (Fsp3) is 0.375. The molecule has 1 N–H and O–H groups in total. The second-order valence-corrected chi connectivity index (χ2v) is 4.88. The number of para-hydroxylation sites is 1. The number of benzene rings is 1. The Morgan fingerprint density at radius 3 is 2.83 bits per heavy atom. The van der Waals surface area contributed by atoms with Crippen molar-refractivity contribution in [2.24, 2.45) is 0 Å². The number of furan rings is 1. The molecule has 0 unspecified atom stereocenters. The average molecular weight is 243 g/mol. The maximum absolute atomic E-state index is 5.56. The summed E-state index contributed by atoms with van der Waals surface area (Å²) in [6.45, 7) is 7.46. The Hall–Kier alpha value is -1.54. The van der Waals surface area contributed by atoms with Crippen LogP contribution < -0.4 is 5.32 Å². The Labute approximate surface area is 109 Å². The molecule has 0 amide bonds. The van der Waals surface area contributed by atoms with E-state index in [4.69, 9.17) is 4.42 Å². The van der Waals surface area contributed by atoms with Crippen LogP contribution in [0, 0.1) is 0 Å². The predicted octanol–water partition coefficient (Wildman–Crippen LogP) is 4.22. The average Bonchev–Trinajstić information content (AvgIpc) is 2.77. The molecule has 0 atom stereocenters. The van der Waals surface area contributed by atoms with Gasteiger partial charge in [-0.1, -0.05) is 50.6 Å². The number of hydrogen-bond acceptors (Lipinski definition) is 2. The SMILES string of the molecule is CC/C(=C/c1coc2ccccc12)CNC(C)C. The third-order valence-electron chi connectivity index (χ3n) is 3.06. The molecule has 96 valence electrons. The summed E-state index contributed by atoms with van der Waals surface area (Å²) >= 11 is 0. The molecule has 0 fully saturated rings. The number of nitrogens with one attached hydrogen (secondary N) is 1. The summed E-state index contributed by atoms with van der Waals surface area (Å²) in [5.41, 5.74) is 3.53. The lowest BCUT2D eigenvalue weighted by atomic mass is 10.1. The maximum Gasteiger partial charge on any atom is 0.134 e. The first-order valence-electron chi connectivity index (χ1n) is 6.59. The predicted molar refractivity (Wildman–Crippen MR) is 77.6 cm³/mol. The van der Waals surface area contributed by atoms with Crippen LogP contribution in [-0.2, 0) is 0 Å². The third kappa shape index (κ3) is 3.02. The van der Waals surface area contributed by atoms with Crippen molar-refractivity contribution >= 4 is 17.0 Å². The molecule has 0 bridgehead atoms. The summed E-state index contributed by atoms with van der Waals surface area (Å²) in [5.74, 6) is 0. The zero-order chi connectivity index (χ0) is 13.0. The second kappa shape index (κ2) is 5.87. The molecule has 0 saturated heterocycles. The van der Waals surface area contributed by atoms with Crippen molar-refractivity contribution in [1.29, 1.82) is 0 Å². The summed E-state index contributed by atoms with van der Waals surface area (Å²) in [4.78, 5) is 0. The molecule has 0 radical (unpaired) electrons. The van der Waals surface area contributed by atoms with E-state index in [9.17, 15) is 0 Å². The highest BCUT2D eigenvalue weighted by molar-refractivity contribution is 5.87. The van der Waals surface area contributed by atoms with Crippen molar-refractivity contribution in [2.45, 2.75) is 33.2 Å². The van der Waals surface area contributed by atoms with Crippen LogP contribution >= 0.6 is 0 Å². The molecular formula is C16H21NO. The molecule has 2 rings (SSSR count). The van der Waals surface area contributed by atoms with Crippen molar-refractivity contribution in [3.8, 4) is 0 Å². The first kappa shape index (κ1) is 12.9. The first-order chi connectivity index (χ1) is 8.70. The van der Waals surface area contributed by atoms with Gasteiger partial charge in [-0.3, -0.25) is 0 Å². The Bertz CT molecular complexity index is 537. The molecule has 2 nitrogen and oxygen atoms in total. The Morgan fingerprint density at radius 2 is 2.11 bits per heavy atom. The summed E-state index contributed by atoms with van der Waals surface area (Å²) in [5, 5.41) is 4.65. The molecule has 1 heterocycles. The normalized spacial score (nSPS) is 12.6. The fourth-order valence-corrected chi connectivity index (χ4v) is 1.94. The topological polar surface area (TPSA) is 25.2 Å². The van der Waals surface area contributed by atoms with E-state index in [1.54, 1.807) is 0 Å². The van der Waals surface area contributed by atoms with Gasteiger partial charge in [0.05, 0.1) is 6.26 Å². The van der Waals surface area contributed by atoms with Crippen molar-refractivity contribution in [2.75, 3.05) is 6.54 Å². The van der Waals surface area contributed by atoms with E-state index in [1.807, 2.05) is 24.5 Å². The van der Waals surface area contributed by atoms with Gasteiger partial charge in [-0.05, 0) is 12.5 Å². The summed E-state index contributed by atoms with van der Waals surface area (Å²) in [6, 6.07) is 8.67. The highest BCUT2D eigenvalue weighted by atomic mass is 16.3. The zero-order valence-electron chi connectivity index (χ0n) is 11.4. The van der Waals surface area contributed by atoms with Gasteiger partial charge in [0.2, 0.25) is 0 Å². The van der Waals surface area contributed by atoms with Crippen LogP contribution in [0.5, 0.6) is 0 Å². The number of hydrogen-bond donors (Lipinski definition) is 1. The van der Waals surface area contributed by atoms with E-state index in [1.165, 1.54) is 16.5 Å². The lowest BCUT2D eigenvalue weighted by Gasteiger charge is -2.09. The molecule has 0 spiro atoms. The third-order valence-corrected chi connectivity index (χ3v) is 3.06. The lowest BCUT2D eigenvalue weighted by Crippen LogP contribution is -2.24. The molecule has 0 aliphatic heterocycles. The van der Waals surface area contributed by atoms with E-state index in [2.05, 4.69) is 38.2 Å². The van der Waals surface area contributed by atoms with Crippen LogP contribution in [0.15, 0.2) is 40.5 Å². The summed E-state index contributed by atoms with van der Waals surface area (Å²) < 4.78 is 5.56. The second-order valence-electron chi connectivity index (χ2n) is 4.88. The van der Waals surface area contributed by atoms with Gasteiger partial charge in [-0.25, -0.2) is 0 Å². The Kier molecular flexibility index (Phi) is 4.21. The minimum Gasteiger partial charge on any atom is -0.464 e. The quantitative estimate of drug-likeness (QED) is 0.850. The highest BCUT2D eigenvalue weighted by Gasteiger charge is 2.04. The van der Waals surface area contributed by atoms with Crippen molar-refractivity contribution in [3.63, 3.8) is 0 Å². The monoisotopic (exact) mass is 243 g/mol. The van der Waals surface area contributed by atoms with E-state index >= 15 is 0 Å². The molecular weight excluding hydrogens is 222 g/mol. The van der Waals surface area contributed by atoms with Crippen molar-refractivity contribution < 1.29 is 4.42 Å². The van der Waals surface area contributed by atoms with Gasteiger partial charge < -0.3 is 9.73 Å². The number of rotatable bonds is 5. The highest BCUT2D eigenvalue weighted by Crippen LogP contribution is 2.23. The van der Waals surface area contributed by atoms with Gasteiger partial charge in [0, 0.05) is 23.5 Å². The maximum atomic E-state index is 5.56. The minimum atomic E-state index is 0.515. The van der Waals surface area contributed by atoms with Crippen molar-refractivity contribution in [3.05, 3.63) is 41.7 Å². The molecule has 2 heteroatoms. The van der Waals surface area contributed by atoms with E-state index in [0.29, 0.717) is 6.04 Å². The van der Waals surface area contributed by atoms with Crippen LogP contribution in [0.1, 0.15) is 32.8 Å². The van der Waals surface area contributed by atoms with Gasteiger partial charge in [-0.2, -0.15) is 0 Å². The van der Waals surface area contributed by atoms with E-state index in [0.717, 1.165) is 18.5 Å². The van der Waals surface area contributed by atoms with E-state index in [-0.39, 0.29) is 0 Å². The van der Waals surface area contributed by atoms with Gasteiger partial charge in [0.25, 0.3) is 0 Å². The molecule has 1 aromatic heterocycles.